The zero-order valence-electron chi connectivity index (χ0n) is 17.5. The Balaban J connectivity index is 2.14. The second-order valence-electron chi connectivity index (χ2n) is 7.83. The molecule has 5 nitrogen and oxygen atoms in total. The van der Waals surface area contributed by atoms with Crippen LogP contribution >= 0.6 is 0 Å². The summed E-state index contributed by atoms with van der Waals surface area (Å²) < 4.78 is 11.1. The number of nitrogens with one attached hydrogen (secondary N) is 1. The van der Waals surface area contributed by atoms with Gasteiger partial charge in [0.15, 0.2) is 0 Å². The Morgan fingerprint density at radius 1 is 0.966 bits per heavy atom. The lowest BCUT2D eigenvalue weighted by molar-refractivity contribution is 0.377. The standard InChI is InChI=1S/C24H27NO4/c1-12-9-17(26)23-15(7-6-8-19(23)28-4)21(12)24-16-10-13(2)25-14(3)22(16)20(29-5)11-18(24)27/h6-9,11,13-14,25-27H,10H2,1-5H3/t13-,14-/m0/s1. The van der Waals surface area contributed by atoms with Gasteiger partial charge in [0, 0.05) is 29.3 Å². The third-order valence-electron chi connectivity index (χ3n) is 5.88. The first-order valence-corrected chi connectivity index (χ1v) is 9.85. The number of ether oxygens (including phenoxy) is 2. The third kappa shape index (κ3) is 2.97. The van der Waals surface area contributed by atoms with Crippen molar-refractivity contribution in [1.82, 2.24) is 5.32 Å². The lowest BCUT2D eigenvalue weighted by Gasteiger charge is -2.33. The van der Waals surface area contributed by atoms with E-state index in [4.69, 9.17) is 9.47 Å². The van der Waals surface area contributed by atoms with Crippen molar-refractivity contribution in [3.8, 4) is 34.1 Å². The molecule has 1 aliphatic heterocycles. The Kier molecular flexibility index (Phi) is 4.79. The van der Waals surface area contributed by atoms with Crippen molar-refractivity contribution in [3.05, 3.63) is 47.0 Å². The summed E-state index contributed by atoms with van der Waals surface area (Å²) in [6.45, 7) is 6.21. The van der Waals surface area contributed by atoms with E-state index in [1.54, 1.807) is 26.4 Å². The van der Waals surface area contributed by atoms with Gasteiger partial charge in [0.1, 0.15) is 23.0 Å². The number of aromatic hydroxyl groups is 2. The van der Waals surface area contributed by atoms with Crippen LogP contribution in [-0.2, 0) is 6.42 Å². The van der Waals surface area contributed by atoms with E-state index in [1.807, 2.05) is 25.1 Å². The maximum atomic E-state index is 11.1. The summed E-state index contributed by atoms with van der Waals surface area (Å²) in [4.78, 5) is 0. The molecular formula is C24H27NO4. The van der Waals surface area contributed by atoms with E-state index in [9.17, 15) is 10.2 Å². The van der Waals surface area contributed by atoms with Crippen LogP contribution in [0, 0.1) is 6.92 Å². The maximum absolute atomic E-state index is 11.1. The number of benzene rings is 3. The monoisotopic (exact) mass is 393 g/mol. The molecule has 0 amide bonds. The van der Waals surface area contributed by atoms with Gasteiger partial charge in [-0.05, 0) is 61.4 Å². The van der Waals surface area contributed by atoms with Crippen LogP contribution in [0.5, 0.6) is 23.0 Å². The molecule has 0 spiro atoms. The zero-order chi connectivity index (χ0) is 20.9. The van der Waals surface area contributed by atoms with Crippen LogP contribution in [0.4, 0.5) is 0 Å². The first kappa shape index (κ1) is 19.4. The minimum atomic E-state index is 0.0984. The number of fused-ring (bicyclic) bond motifs is 2. The highest BCUT2D eigenvalue weighted by atomic mass is 16.5. The van der Waals surface area contributed by atoms with Crippen molar-refractivity contribution in [3.63, 3.8) is 0 Å². The number of methoxy groups -OCH3 is 2. The minimum Gasteiger partial charge on any atom is -0.507 e. The van der Waals surface area contributed by atoms with Gasteiger partial charge in [0.2, 0.25) is 0 Å². The van der Waals surface area contributed by atoms with Gasteiger partial charge in [-0.1, -0.05) is 12.1 Å². The Labute approximate surface area is 170 Å². The first-order valence-electron chi connectivity index (χ1n) is 9.85. The Morgan fingerprint density at radius 3 is 2.38 bits per heavy atom. The molecule has 0 aliphatic carbocycles. The molecule has 0 aromatic heterocycles. The van der Waals surface area contributed by atoms with Gasteiger partial charge >= 0.3 is 0 Å². The molecule has 2 atom stereocenters. The Morgan fingerprint density at radius 2 is 1.69 bits per heavy atom. The van der Waals surface area contributed by atoms with Crippen LogP contribution in [0.15, 0.2) is 30.3 Å². The summed E-state index contributed by atoms with van der Waals surface area (Å²) >= 11 is 0. The van der Waals surface area contributed by atoms with Crippen LogP contribution in [0.1, 0.15) is 36.6 Å². The number of phenols is 2. The van der Waals surface area contributed by atoms with Gasteiger partial charge in [-0.25, -0.2) is 0 Å². The highest BCUT2D eigenvalue weighted by molar-refractivity contribution is 6.06. The smallest absolute Gasteiger partial charge is 0.130 e. The molecule has 0 unspecified atom stereocenters. The summed E-state index contributed by atoms with van der Waals surface area (Å²) in [5.74, 6) is 1.64. The summed E-state index contributed by atoms with van der Waals surface area (Å²) in [5.41, 5.74) is 4.76. The normalized spacial score (nSPS) is 18.5. The van der Waals surface area contributed by atoms with Gasteiger partial charge in [-0.3, -0.25) is 0 Å². The van der Waals surface area contributed by atoms with Gasteiger partial charge in [0.25, 0.3) is 0 Å². The summed E-state index contributed by atoms with van der Waals surface area (Å²) in [6, 6.07) is 9.50. The van der Waals surface area contributed by atoms with Crippen LogP contribution < -0.4 is 14.8 Å². The van der Waals surface area contributed by atoms with Crippen molar-refractivity contribution in [2.24, 2.45) is 0 Å². The van der Waals surface area contributed by atoms with Gasteiger partial charge in [-0.15, -0.1) is 0 Å². The molecule has 1 aliphatic rings. The van der Waals surface area contributed by atoms with E-state index in [-0.39, 0.29) is 23.6 Å². The minimum absolute atomic E-state index is 0.0984. The first-order chi connectivity index (χ1) is 13.9. The number of phenolic OH excluding ortho intramolecular Hbond substituents is 2. The number of hydrogen-bond donors (Lipinski definition) is 3. The lowest BCUT2D eigenvalue weighted by atomic mass is 9.81. The second-order valence-corrected chi connectivity index (χ2v) is 7.83. The molecule has 0 saturated carbocycles. The molecule has 0 fully saturated rings. The van der Waals surface area contributed by atoms with Gasteiger partial charge in [-0.2, -0.15) is 0 Å². The fraction of sp³-hybridized carbons (Fsp3) is 0.333. The highest BCUT2D eigenvalue weighted by Crippen LogP contribution is 2.49. The summed E-state index contributed by atoms with van der Waals surface area (Å²) in [5, 5.41) is 26.8. The predicted molar refractivity (Wildman–Crippen MR) is 115 cm³/mol. The fourth-order valence-corrected chi connectivity index (χ4v) is 4.79. The summed E-state index contributed by atoms with van der Waals surface area (Å²) in [6.07, 6.45) is 0.769. The Bertz CT molecular complexity index is 1110. The second kappa shape index (κ2) is 7.16. The molecule has 3 aromatic carbocycles. The largest absolute Gasteiger partial charge is 0.507 e. The van der Waals surface area contributed by atoms with E-state index in [2.05, 4.69) is 19.2 Å². The topological polar surface area (TPSA) is 71.0 Å². The molecule has 3 aromatic rings. The van der Waals surface area contributed by atoms with Crippen molar-refractivity contribution in [2.45, 2.75) is 39.3 Å². The SMILES string of the molecule is COc1cc(O)c(-c2c(C)cc(O)c3c(OC)cccc23)c2c1[C@H](C)N[C@@H](C)C2. The molecule has 0 radical (unpaired) electrons. The van der Waals surface area contributed by atoms with Gasteiger partial charge in [0.05, 0.1) is 19.6 Å². The number of rotatable bonds is 3. The zero-order valence-corrected chi connectivity index (χ0v) is 17.5. The molecule has 0 saturated heterocycles. The molecule has 3 N–H and O–H groups in total. The van der Waals surface area contributed by atoms with Crippen LogP contribution in [0.3, 0.4) is 0 Å². The van der Waals surface area contributed by atoms with E-state index in [0.717, 1.165) is 39.6 Å². The van der Waals surface area contributed by atoms with Crippen molar-refractivity contribution < 1.29 is 19.7 Å². The van der Waals surface area contributed by atoms with Crippen LogP contribution in [0.25, 0.3) is 21.9 Å². The van der Waals surface area contributed by atoms with Crippen LogP contribution in [-0.4, -0.2) is 30.5 Å². The van der Waals surface area contributed by atoms with E-state index in [1.165, 1.54) is 0 Å². The van der Waals surface area contributed by atoms with Crippen LogP contribution in [0.2, 0.25) is 0 Å². The molecule has 29 heavy (non-hydrogen) atoms. The highest BCUT2D eigenvalue weighted by Gasteiger charge is 2.30. The molecule has 152 valence electrons. The average Bonchev–Trinajstić information content (AvgIpc) is 2.68. The third-order valence-corrected chi connectivity index (χ3v) is 5.88. The van der Waals surface area contributed by atoms with Crippen molar-refractivity contribution in [1.29, 1.82) is 0 Å². The molecule has 0 bridgehead atoms. The molecule has 1 heterocycles. The lowest BCUT2D eigenvalue weighted by Crippen LogP contribution is -2.36. The molecule has 4 rings (SSSR count). The molecular weight excluding hydrogens is 366 g/mol. The predicted octanol–water partition coefficient (Wildman–Crippen LogP) is 4.84. The number of aryl methyl sites for hydroxylation is 1. The quantitative estimate of drug-likeness (QED) is 0.594. The van der Waals surface area contributed by atoms with E-state index in [0.29, 0.717) is 16.9 Å². The van der Waals surface area contributed by atoms with Gasteiger partial charge < -0.3 is 25.0 Å². The molecule has 5 heteroatoms. The van der Waals surface area contributed by atoms with Crippen molar-refractivity contribution in [2.75, 3.05) is 14.2 Å². The van der Waals surface area contributed by atoms with E-state index < -0.39 is 0 Å². The fourth-order valence-electron chi connectivity index (χ4n) is 4.79. The average molecular weight is 393 g/mol. The maximum Gasteiger partial charge on any atom is 0.130 e. The van der Waals surface area contributed by atoms with E-state index >= 15 is 0 Å². The van der Waals surface area contributed by atoms with Crippen molar-refractivity contribution >= 4 is 10.8 Å². The summed E-state index contributed by atoms with van der Waals surface area (Å²) in [7, 11) is 3.22. The number of hydrogen-bond acceptors (Lipinski definition) is 5. The Hall–Kier alpha value is -2.92.